The van der Waals surface area contributed by atoms with Gasteiger partial charge in [-0.1, -0.05) is 13.3 Å². The van der Waals surface area contributed by atoms with E-state index in [-0.39, 0.29) is 56.9 Å². The normalized spacial score (nSPS) is 21.7. The maximum Gasteiger partial charge on any atom is 0.308 e. The summed E-state index contributed by atoms with van der Waals surface area (Å²) in [6.45, 7) is 4.88. The Hall–Kier alpha value is -3.38. The SMILES string of the molecule is CCCCN(CCCCN(C)C)C(=O)CN1C[C@H](c2cc(OC)c3c(c2)OCO3)[C@@H](C(=O)O)[C@@H]1CCN1C(=O)CCC1=O. The molecular formula is C31H46N4O8. The van der Waals surface area contributed by atoms with Crippen LogP contribution in [-0.4, -0.2) is 122 Å². The lowest BCUT2D eigenvalue weighted by atomic mass is 9.84. The summed E-state index contributed by atoms with van der Waals surface area (Å²) in [7, 11) is 5.58. The molecule has 3 aliphatic heterocycles. The number of hydrogen-bond acceptors (Lipinski definition) is 9. The molecule has 0 aliphatic carbocycles. The van der Waals surface area contributed by atoms with Gasteiger partial charge in [0, 0.05) is 51.0 Å². The second kappa shape index (κ2) is 14.9. The first-order chi connectivity index (χ1) is 20.6. The lowest BCUT2D eigenvalue weighted by Gasteiger charge is -2.30. The van der Waals surface area contributed by atoms with Crippen molar-refractivity contribution in [2.24, 2.45) is 5.92 Å². The highest BCUT2D eigenvalue weighted by Gasteiger charge is 2.48. The maximum absolute atomic E-state index is 13.8. The molecule has 2 saturated heterocycles. The molecule has 0 aromatic heterocycles. The smallest absolute Gasteiger partial charge is 0.308 e. The fraction of sp³-hybridized carbons (Fsp3) is 0.677. The Bertz CT molecular complexity index is 1160. The van der Waals surface area contributed by atoms with Crippen LogP contribution in [0.25, 0.3) is 0 Å². The van der Waals surface area contributed by atoms with E-state index in [4.69, 9.17) is 14.2 Å². The molecule has 0 spiro atoms. The largest absolute Gasteiger partial charge is 0.493 e. The topological polar surface area (TPSA) is 129 Å². The number of aliphatic carboxylic acids is 1. The Balaban J connectivity index is 1.59. The van der Waals surface area contributed by atoms with Crippen molar-refractivity contribution in [3.63, 3.8) is 0 Å². The molecule has 1 aromatic rings. The quantitative estimate of drug-likeness (QED) is 0.222. The predicted octanol–water partition coefficient (Wildman–Crippen LogP) is 2.40. The van der Waals surface area contributed by atoms with Crippen molar-refractivity contribution in [1.82, 2.24) is 19.6 Å². The molecule has 3 atom stereocenters. The molecule has 0 radical (unpaired) electrons. The van der Waals surface area contributed by atoms with Gasteiger partial charge in [-0.3, -0.25) is 29.0 Å². The predicted molar refractivity (Wildman–Crippen MR) is 158 cm³/mol. The number of amides is 3. The lowest BCUT2D eigenvalue weighted by molar-refractivity contribution is -0.144. The average molecular weight is 603 g/mol. The zero-order chi connectivity index (χ0) is 31.1. The van der Waals surface area contributed by atoms with Gasteiger partial charge in [0.05, 0.1) is 19.6 Å². The fourth-order valence-electron chi connectivity index (χ4n) is 6.40. The molecule has 238 valence electrons. The molecule has 12 heteroatoms. The van der Waals surface area contributed by atoms with E-state index in [0.717, 1.165) is 32.2 Å². The van der Waals surface area contributed by atoms with E-state index in [2.05, 4.69) is 11.8 Å². The summed E-state index contributed by atoms with van der Waals surface area (Å²) in [6, 6.07) is 3.01. The van der Waals surface area contributed by atoms with Crippen LogP contribution in [0, 0.1) is 5.92 Å². The number of hydrogen-bond donors (Lipinski definition) is 1. The van der Waals surface area contributed by atoms with Crippen molar-refractivity contribution in [2.75, 3.05) is 67.3 Å². The summed E-state index contributed by atoms with van der Waals surface area (Å²) < 4.78 is 16.7. The summed E-state index contributed by atoms with van der Waals surface area (Å²) in [4.78, 5) is 58.6. The molecule has 4 rings (SSSR count). The van der Waals surface area contributed by atoms with E-state index < -0.39 is 23.8 Å². The third kappa shape index (κ3) is 7.77. The molecule has 3 aliphatic rings. The minimum Gasteiger partial charge on any atom is -0.493 e. The summed E-state index contributed by atoms with van der Waals surface area (Å²) in [6.07, 6.45) is 4.32. The van der Waals surface area contributed by atoms with Crippen LogP contribution in [-0.2, 0) is 19.2 Å². The molecule has 2 fully saturated rings. The summed E-state index contributed by atoms with van der Waals surface area (Å²) >= 11 is 0. The number of unbranched alkanes of at least 4 members (excludes halogenated alkanes) is 2. The number of fused-ring (bicyclic) bond motifs is 1. The van der Waals surface area contributed by atoms with Gasteiger partial charge in [0.15, 0.2) is 11.5 Å². The molecule has 3 amide bonds. The minimum atomic E-state index is -0.993. The highest BCUT2D eigenvalue weighted by atomic mass is 16.7. The number of benzene rings is 1. The molecule has 12 nitrogen and oxygen atoms in total. The first-order valence-corrected chi connectivity index (χ1v) is 15.3. The number of imide groups is 1. The van der Waals surface area contributed by atoms with E-state index in [1.165, 1.54) is 12.0 Å². The molecule has 43 heavy (non-hydrogen) atoms. The van der Waals surface area contributed by atoms with Crippen LogP contribution in [0.4, 0.5) is 0 Å². The van der Waals surface area contributed by atoms with Crippen LogP contribution < -0.4 is 14.2 Å². The maximum atomic E-state index is 13.8. The fourth-order valence-corrected chi connectivity index (χ4v) is 6.40. The van der Waals surface area contributed by atoms with Gasteiger partial charge in [-0.15, -0.1) is 0 Å². The first kappa shape index (κ1) is 32.5. The summed E-state index contributed by atoms with van der Waals surface area (Å²) in [5, 5.41) is 10.5. The van der Waals surface area contributed by atoms with Crippen molar-refractivity contribution < 1.29 is 38.5 Å². The Kier molecular flexibility index (Phi) is 11.3. The number of carbonyl (C=O) groups excluding carboxylic acids is 3. The standard InChI is InChI=1S/C31H46N4O8/c1-5-6-13-33(14-8-7-12-32(2)3)28(38)19-34-18-22(21-16-24(41-4)30-25(17-21)42-20-43-30)29(31(39)40)23(34)11-15-35-26(36)9-10-27(35)37/h16-17,22-23,29H,5-15,18-20H2,1-4H3,(H,39,40)/t22-,23+,29-/m1/s1. The number of nitrogens with zero attached hydrogens (tertiary/aromatic N) is 4. The molecule has 0 bridgehead atoms. The van der Waals surface area contributed by atoms with Gasteiger partial charge in [0.2, 0.25) is 30.3 Å². The highest BCUT2D eigenvalue weighted by molar-refractivity contribution is 6.01. The molecule has 1 N–H and O–H groups in total. The number of carboxylic acid groups (broad SMARTS) is 1. The number of likely N-dealkylation sites (tertiary alicyclic amines) is 2. The molecule has 0 unspecified atom stereocenters. The summed E-state index contributed by atoms with van der Waals surface area (Å²) in [5.74, 6) is -1.44. The van der Waals surface area contributed by atoms with Gasteiger partial charge in [-0.2, -0.15) is 0 Å². The Morgan fingerprint density at radius 3 is 2.40 bits per heavy atom. The number of rotatable bonds is 16. The zero-order valence-electron chi connectivity index (χ0n) is 25.9. The molecule has 1 aromatic carbocycles. The van der Waals surface area contributed by atoms with Crippen molar-refractivity contribution in [3.8, 4) is 17.2 Å². The van der Waals surface area contributed by atoms with E-state index in [9.17, 15) is 24.3 Å². The second-order valence-corrected chi connectivity index (χ2v) is 11.9. The van der Waals surface area contributed by atoms with Gasteiger partial charge >= 0.3 is 5.97 Å². The van der Waals surface area contributed by atoms with Gasteiger partial charge in [0.25, 0.3) is 0 Å². The number of carboxylic acids is 1. The second-order valence-electron chi connectivity index (χ2n) is 11.9. The van der Waals surface area contributed by atoms with E-state index in [1.54, 1.807) is 12.1 Å². The van der Waals surface area contributed by atoms with Crippen LogP contribution in [0.2, 0.25) is 0 Å². The number of carbonyl (C=O) groups is 4. The van der Waals surface area contributed by atoms with Crippen LogP contribution in [0.3, 0.4) is 0 Å². The molecule has 0 saturated carbocycles. The van der Waals surface area contributed by atoms with Gasteiger partial charge in [-0.25, -0.2) is 0 Å². The van der Waals surface area contributed by atoms with Crippen molar-refractivity contribution in [2.45, 2.75) is 63.8 Å². The Labute approximate surface area is 253 Å². The van der Waals surface area contributed by atoms with Crippen LogP contribution in [0.1, 0.15) is 63.4 Å². The third-order valence-corrected chi connectivity index (χ3v) is 8.70. The van der Waals surface area contributed by atoms with Crippen molar-refractivity contribution in [3.05, 3.63) is 17.7 Å². The number of ether oxygens (including phenoxy) is 3. The minimum absolute atomic E-state index is 0.0373. The Morgan fingerprint density at radius 2 is 1.74 bits per heavy atom. The lowest BCUT2D eigenvalue weighted by Crippen LogP contribution is -2.46. The zero-order valence-corrected chi connectivity index (χ0v) is 25.9. The van der Waals surface area contributed by atoms with Gasteiger partial charge < -0.3 is 29.1 Å². The Morgan fingerprint density at radius 1 is 1.05 bits per heavy atom. The highest BCUT2D eigenvalue weighted by Crippen LogP contribution is 2.47. The average Bonchev–Trinajstić information content (AvgIpc) is 3.68. The van der Waals surface area contributed by atoms with Crippen LogP contribution in [0.15, 0.2) is 12.1 Å². The van der Waals surface area contributed by atoms with Crippen molar-refractivity contribution in [1.29, 1.82) is 0 Å². The monoisotopic (exact) mass is 602 g/mol. The van der Waals surface area contributed by atoms with Gasteiger partial charge in [-0.05, 0) is 64.0 Å². The van der Waals surface area contributed by atoms with Crippen LogP contribution >= 0.6 is 0 Å². The molecular weight excluding hydrogens is 556 g/mol. The van der Waals surface area contributed by atoms with E-state index >= 15 is 0 Å². The molecule has 3 heterocycles. The van der Waals surface area contributed by atoms with E-state index in [0.29, 0.717) is 42.4 Å². The third-order valence-electron chi connectivity index (χ3n) is 8.70. The summed E-state index contributed by atoms with van der Waals surface area (Å²) in [5.41, 5.74) is 0.716. The first-order valence-electron chi connectivity index (χ1n) is 15.3. The van der Waals surface area contributed by atoms with Crippen molar-refractivity contribution >= 4 is 23.7 Å². The van der Waals surface area contributed by atoms with Crippen LogP contribution in [0.5, 0.6) is 17.2 Å². The van der Waals surface area contributed by atoms with Gasteiger partial charge in [0.1, 0.15) is 0 Å². The number of methoxy groups -OCH3 is 1. The van der Waals surface area contributed by atoms with E-state index in [1.807, 2.05) is 23.9 Å².